The quantitative estimate of drug-likeness (QED) is 0.228. The molecule has 8 heteroatoms. The van der Waals surface area contributed by atoms with E-state index < -0.39 is 0 Å². The molecule has 0 saturated heterocycles. The fourth-order valence-corrected chi connectivity index (χ4v) is 2.27. The minimum atomic E-state index is 0. The second kappa shape index (κ2) is 11.3. The summed E-state index contributed by atoms with van der Waals surface area (Å²) in [4.78, 5) is 16.1. The van der Waals surface area contributed by atoms with Crippen molar-refractivity contribution in [1.29, 1.82) is 0 Å². The van der Waals surface area contributed by atoms with Crippen molar-refractivity contribution in [3.8, 4) is 0 Å². The van der Waals surface area contributed by atoms with E-state index in [0.717, 1.165) is 44.7 Å². The van der Waals surface area contributed by atoms with Crippen molar-refractivity contribution in [3.05, 3.63) is 18.0 Å². The minimum absolute atomic E-state index is 0. The molecule has 1 fully saturated rings. The monoisotopic (exact) mass is 448 g/mol. The Balaban J connectivity index is 0.00000288. The molecule has 1 heterocycles. The highest BCUT2D eigenvalue weighted by Crippen LogP contribution is 2.28. The van der Waals surface area contributed by atoms with Crippen LogP contribution in [0.1, 0.15) is 31.7 Å². The van der Waals surface area contributed by atoms with Crippen molar-refractivity contribution in [2.75, 3.05) is 26.2 Å². The van der Waals surface area contributed by atoms with Gasteiger partial charge in [-0.2, -0.15) is 5.10 Å². The van der Waals surface area contributed by atoms with Gasteiger partial charge in [0.05, 0.1) is 6.20 Å². The van der Waals surface area contributed by atoms with Crippen LogP contribution in [0.15, 0.2) is 17.4 Å². The number of rotatable bonds is 9. The van der Waals surface area contributed by atoms with Gasteiger partial charge in [-0.3, -0.25) is 14.5 Å². The number of nitrogens with one attached hydrogen (secondary N) is 3. The van der Waals surface area contributed by atoms with Crippen LogP contribution >= 0.6 is 24.0 Å². The minimum Gasteiger partial charge on any atom is -0.357 e. The number of aryl methyl sites for hydroxylation is 2. The Hall–Kier alpha value is -1.32. The van der Waals surface area contributed by atoms with Crippen LogP contribution in [0, 0.1) is 5.92 Å². The van der Waals surface area contributed by atoms with E-state index in [1.165, 1.54) is 5.56 Å². The van der Waals surface area contributed by atoms with E-state index in [-0.39, 0.29) is 35.8 Å². The zero-order valence-corrected chi connectivity index (χ0v) is 16.9. The molecule has 0 aliphatic heterocycles. The molecule has 1 saturated carbocycles. The summed E-state index contributed by atoms with van der Waals surface area (Å²) in [7, 11) is 1.93. The molecule has 136 valence electrons. The summed E-state index contributed by atoms with van der Waals surface area (Å²) in [6.07, 6.45) is 7.99. The number of aliphatic imine (C=N–C) groups is 1. The van der Waals surface area contributed by atoms with Gasteiger partial charge in [-0.15, -0.1) is 24.0 Å². The van der Waals surface area contributed by atoms with E-state index >= 15 is 0 Å². The van der Waals surface area contributed by atoms with Crippen molar-refractivity contribution in [3.63, 3.8) is 0 Å². The molecule has 1 aliphatic rings. The van der Waals surface area contributed by atoms with E-state index in [1.807, 2.05) is 31.0 Å². The second-order valence-corrected chi connectivity index (χ2v) is 5.88. The molecule has 0 radical (unpaired) electrons. The summed E-state index contributed by atoms with van der Waals surface area (Å²) < 4.78 is 1.82. The van der Waals surface area contributed by atoms with Crippen LogP contribution < -0.4 is 16.0 Å². The van der Waals surface area contributed by atoms with Gasteiger partial charge in [0.1, 0.15) is 0 Å². The molecule has 0 spiro atoms. The highest BCUT2D eigenvalue weighted by Gasteiger charge is 2.28. The zero-order valence-electron chi connectivity index (χ0n) is 14.5. The Kier molecular flexibility index (Phi) is 9.73. The number of amides is 1. The van der Waals surface area contributed by atoms with Gasteiger partial charge in [0, 0.05) is 45.3 Å². The van der Waals surface area contributed by atoms with E-state index in [1.54, 1.807) is 0 Å². The number of hydrogen-bond donors (Lipinski definition) is 3. The van der Waals surface area contributed by atoms with Crippen molar-refractivity contribution < 1.29 is 4.79 Å². The molecule has 0 bridgehead atoms. The topological polar surface area (TPSA) is 83.3 Å². The third kappa shape index (κ3) is 7.98. The Morgan fingerprint density at radius 3 is 2.71 bits per heavy atom. The molecule has 0 atom stereocenters. The number of carbonyl (C=O) groups is 1. The molecule has 1 aliphatic carbocycles. The number of carbonyl (C=O) groups excluding carboxylic acids is 1. The predicted molar refractivity (Wildman–Crippen MR) is 107 cm³/mol. The number of halogens is 1. The van der Waals surface area contributed by atoms with Crippen molar-refractivity contribution in [2.24, 2.45) is 18.0 Å². The first-order valence-corrected chi connectivity index (χ1v) is 8.46. The fourth-order valence-electron chi connectivity index (χ4n) is 2.27. The normalized spacial score (nSPS) is 14.0. The summed E-state index contributed by atoms with van der Waals surface area (Å²) in [5.41, 5.74) is 1.24. The average Bonchev–Trinajstić information content (AvgIpc) is 3.30. The van der Waals surface area contributed by atoms with Crippen LogP contribution in [0.4, 0.5) is 0 Å². The van der Waals surface area contributed by atoms with Crippen LogP contribution in [0.2, 0.25) is 0 Å². The standard InChI is InChI=1S/C16H28N6O.HI/c1-3-17-16(20-10-9-18-15(23)14-6-7-14)19-8-4-5-13-11-21-22(2)12-13;/h11-12,14H,3-10H2,1-2H3,(H,18,23)(H2,17,19,20);1H. The SMILES string of the molecule is CCNC(=NCCCc1cnn(C)c1)NCCNC(=O)C1CC1.I. The third-order valence-electron chi connectivity index (χ3n) is 3.66. The van der Waals surface area contributed by atoms with Crippen LogP contribution in [-0.4, -0.2) is 47.8 Å². The Bertz CT molecular complexity index is 526. The maximum absolute atomic E-state index is 11.5. The first kappa shape index (κ1) is 20.7. The molecule has 2 rings (SSSR count). The van der Waals surface area contributed by atoms with Gasteiger partial charge in [-0.25, -0.2) is 0 Å². The van der Waals surface area contributed by atoms with Gasteiger partial charge in [-0.05, 0) is 38.2 Å². The highest BCUT2D eigenvalue weighted by atomic mass is 127. The summed E-state index contributed by atoms with van der Waals surface area (Å²) in [5.74, 6) is 1.26. The summed E-state index contributed by atoms with van der Waals surface area (Å²) in [6.45, 7) is 4.95. The van der Waals surface area contributed by atoms with Crippen LogP contribution in [0.5, 0.6) is 0 Å². The van der Waals surface area contributed by atoms with Crippen molar-refractivity contribution >= 4 is 35.8 Å². The van der Waals surface area contributed by atoms with E-state index in [0.29, 0.717) is 13.1 Å². The Morgan fingerprint density at radius 1 is 1.33 bits per heavy atom. The molecule has 1 aromatic rings. The lowest BCUT2D eigenvalue weighted by atomic mass is 10.2. The van der Waals surface area contributed by atoms with Crippen molar-refractivity contribution in [2.45, 2.75) is 32.6 Å². The van der Waals surface area contributed by atoms with Crippen molar-refractivity contribution in [1.82, 2.24) is 25.7 Å². The maximum Gasteiger partial charge on any atom is 0.223 e. The molecular weight excluding hydrogens is 419 g/mol. The first-order chi connectivity index (χ1) is 11.2. The summed E-state index contributed by atoms with van der Waals surface area (Å²) in [5, 5.41) is 13.6. The van der Waals surface area contributed by atoms with Gasteiger partial charge in [0.25, 0.3) is 0 Å². The van der Waals surface area contributed by atoms with Gasteiger partial charge < -0.3 is 16.0 Å². The first-order valence-electron chi connectivity index (χ1n) is 8.46. The largest absolute Gasteiger partial charge is 0.357 e. The van der Waals surface area contributed by atoms with Gasteiger partial charge in [-0.1, -0.05) is 0 Å². The fraction of sp³-hybridized carbons (Fsp3) is 0.688. The Labute approximate surface area is 161 Å². The molecule has 7 nitrogen and oxygen atoms in total. The number of hydrogen-bond acceptors (Lipinski definition) is 3. The average molecular weight is 448 g/mol. The predicted octanol–water partition coefficient (Wildman–Crippen LogP) is 1.05. The third-order valence-corrected chi connectivity index (χ3v) is 3.66. The van der Waals surface area contributed by atoms with E-state index in [9.17, 15) is 4.79 Å². The lowest BCUT2D eigenvalue weighted by molar-refractivity contribution is -0.122. The maximum atomic E-state index is 11.5. The van der Waals surface area contributed by atoms with Crippen LogP contribution in [0.25, 0.3) is 0 Å². The summed E-state index contributed by atoms with van der Waals surface area (Å²) in [6, 6.07) is 0. The van der Waals surface area contributed by atoms with Gasteiger partial charge in [0.15, 0.2) is 5.96 Å². The molecular formula is C16H29IN6O. The molecule has 3 N–H and O–H groups in total. The molecule has 1 amide bonds. The van der Waals surface area contributed by atoms with E-state index in [4.69, 9.17) is 0 Å². The van der Waals surface area contributed by atoms with Gasteiger partial charge >= 0.3 is 0 Å². The number of aromatic nitrogens is 2. The zero-order chi connectivity index (χ0) is 16.5. The number of nitrogens with zero attached hydrogens (tertiary/aromatic N) is 3. The lowest BCUT2D eigenvalue weighted by Gasteiger charge is -2.11. The summed E-state index contributed by atoms with van der Waals surface area (Å²) >= 11 is 0. The van der Waals surface area contributed by atoms with Crippen LogP contribution in [-0.2, 0) is 18.3 Å². The lowest BCUT2D eigenvalue weighted by Crippen LogP contribution is -2.41. The molecule has 1 aromatic heterocycles. The Morgan fingerprint density at radius 2 is 2.08 bits per heavy atom. The number of guanidine groups is 1. The second-order valence-electron chi connectivity index (χ2n) is 5.88. The smallest absolute Gasteiger partial charge is 0.223 e. The molecule has 0 aromatic carbocycles. The molecule has 0 unspecified atom stereocenters. The van der Waals surface area contributed by atoms with Gasteiger partial charge in [0.2, 0.25) is 5.91 Å². The van der Waals surface area contributed by atoms with E-state index in [2.05, 4.69) is 26.0 Å². The molecule has 24 heavy (non-hydrogen) atoms. The van der Waals surface area contributed by atoms with Crippen LogP contribution in [0.3, 0.4) is 0 Å². The highest BCUT2D eigenvalue weighted by molar-refractivity contribution is 14.0.